The van der Waals surface area contributed by atoms with Crippen molar-refractivity contribution in [2.75, 3.05) is 9.96 Å². The molecule has 3 aromatic rings. The second kappa shape index (κ2) is 7.27. The van der Waals surface area contributed by atoms with Crippen LogP contribution in [-0.2, 0) is 14.4 Å². The van der Waals surface area contributed by atoms with Crippen LogP contribution in [0.15, 0.2) is 83.3 Å². The van der Waals surface area contributed by atoms with E-state index < -0.39 is 24.0 Å². The zero-order valence-corrected chi connectivity index (χ0v) is 17.3. The zero-order chi connectivity index (χ0) is 20.8. The molecule has 7 heteroatoms. The third-order valence-corrected chi connectivity index (χ3v) is 5.99. The molecule has 0 aromatic heterocycles. The van der Waals surface area contributed by atoms with Crippen LogP contribution in [0.3, 0.4) is 0 Å². The van der Waals surface area contributed by atoms with E-state index in [0.717, 1.165) is 4.47 Å². The maximum atomic E-state index is 13.5. The number of imide groups is 1. The molecule has 30 heavy (non-hydrogen) atoms. The molecule has 2 aliphatic heterocycles. The molecule has 0 saturated carbocycles. The number of hydrogen-bond acceptors (Lipinski definition) is 5. The standard InChI is InChI=1S/C23H17BrN2O4/c24-14-10-12-15(13-11-14)25-22(28)19-20(17-8-4-5-9-18(17)27)26(30-21(19)23(25)29)16-6-2-1-3-7-16/h1-13,19-21,27H/t19-,20+,21-/m1/s1. The maximum Gasteiger partial charge on any atom is 0.266 e. The number of benzene rings is 3. The molecule has 0 unspecified atom stereocenters. The number of phenolic OH excluding ortho intramolecular Hbond substituents is 1. The molecule has 2 saturated heterocycles. The van der Waals surface area contributed by atoms with E-state index in [9.17, 15) is 14.7 Å². The van der Waals surface area contributed by atoms with Crippen molar-refractivity contribution in [2.24, 2.45) is 5.92 Å². The van der Waals surface area contributed by atoms with Gasteiger partial charge in [-0.1, -0.05) is 52.3 Å². The number of hydrogen-bond donors (Lipinski definition) is 1. The van der Waals surface area contributed by atoms with E-state index in [2.05, 4.69) is 15.9 Å². The summed E-state index contributed by atoms with van der Waals surface area (Å²) in [6.07, 6.45) is -0.967. The second-order valence-corrected chi connectivity index (χ2v) is 8.12. The number of carbonyl (C=O) groups is 2. The first-order chi connectivity index (χ1) is 14.6. The number of anilines is 2. The van der Waals surface area contributed by atoms with Gasteiger partial charge in [0.1, 0.15) is 11.7 Å². The van der Waals surface area contributed by atoms with Gasteiger partial charge in [-0.05, 0) is 42.5 Å². The van der Waals surface area contributed by atoms with Gasteiger partial charge in [0.2, 0.25) is 5.91 Å². The van der Waals surface area contributed by atoms with Crippen molar-refractivity contribution < 1.29 is 19.5 Å². The molecule has 2 fully saturated rings. The molecule has 0 bridgehead atoms. The predicted octanol–water partition coefficient (Wildman–Crippen LogP) is 4.21. The van der Waals surface area contributed by atoms with Crippen LogP contribution in [0, 0.1) is 5.92 Å². The van der Waals surface area contributed by atoms with Crippen molar-refractivity contribution in [2.45, 2.75) is 12.1 Å². The van der Waals surface area contributed by atoms with Gasteiger partial charge in [-0.25, -0.2) is 9.96 Å². The van der Waals surface area contributed by atoms with Crippen molar-refractivity contribution in [3.8, 4) is 5.75 Å². The van der Waals surface area contributed by atoms with E-state index in [1.54, 1.807) is 53.6 Å². The van der Waals surface area contributed by atoms with Crippen LogP contribution in [0.1, 0.15) is 11.6 Å². The van der Waals surface area contributed by atoms with Crippen LogP contribution in [0.25, 0.3) is 0 Å². The number of rotatable bonds is 3. The first-order valence-corrected chi connectivity index (χ1v) is 10.3. The van der Waals surface area contributed by atoms with Gasteiger partial charge in [0.25, 0.3) is 5.91 Å². The number of aromatic hydroxyl groups is 1. The van der Waals surface area contributed by atoms with E-state index >= 15 is 0 Å². The summed E-state index contributed by atoms with van der Waals surface area (Å²) < 4.78 is 0.851. The van der Waals surface area contributed by atoms with Gasteiger partial charge in [0, 0.05) is 10.0 Å². The average molecular weight is 465 g/mol. The Hall–Kier alpha value is -3.16. The van der Waals surface area contributed by atoms with Crippen molar-refractivity contribution in [1.29, 1.82) is 0 Å². The smallest absolute Gasteiger partial charge is 0.266 e. The van der Waals surface area contributed by atoms with Crippen molar-refractivity contribution in [1.82, 2.24) is 0 Å². The van der Waals surface area contributed by atoms with E-state index in [0.29, 0.717) is 16.9 Å². The SMILES string of the molecule is O=C1[C@H]2[C@@H](ON(c3ccccc3)[C@H]2c2ccccc2O)C(=O)N1c1ccc(Br)cc1. The first-order valence-electron chi connectivity index (χ1n) is 9.48. The summed E-state index contributed by atoms with van der Waals surface area (Å²) in [5.41, 5.74) is 1.73. The van der Waals surface area contributed by atoms with Gasteiger partial charge in [-0.3, -0.25) is 14.4 Å². The quantitative estimate of drug-likeness (QED) is 0.588. The number of phenols is 1. The normalized spacial score (nSPS) is 23.2. The summed E-state index contributed by atoms with van der Waals surface area (Å²) >= 11 is 3.37. The number of halogens is 1. The minimum absolute atomic E-state index is 0.0509. The predicted molar refractivity (Wildman–Crippen MR) is 115 cm³/mol. The highest BCUT2D eigenvalue weighted by Crippen LogP contribution is 2.49. The number of para-hydroxylation sites is 2. The number of fused-ring (bicyclic) bond motifs is 1. The molecule has 3 atom stereocenters. The largest absolute Gasteiger partial charge is 0.508 e. The zero-order valence-electron chi connectivity index (χ0n) is 15.7. The first kappa shape index (κ1) is 18.8. The summed E-state index contributed by atoms with van der Waals surface area (Å²) in [6, 6.07) is 22.4. The highest BCUT2D eigenvalue weighted by Gasteiger charge is 2.60. The molecule has 2 amide bonds. The van der Waals surface area contributed by atoms with E-state index in [1.165, 1.54) is 4.90 Å². The summed E-state index contributed by atoms with van der Waals surface area (Å²) in [5.74, 6) is -1.49. The van der Waals surface area contributed by atoms with Crippen LogP contribution >= 0.6 is 15.9 Å². The number of amides is 2. The maximum absolute atomic E-state index is 13.5. The summed E-state index contributed by atoms with van der Waals surface area (Å²) in [4.78, 5) is 33.9. The third-order valence-electron chi connectivity index (χ3n) is 5.47. The Labute approximate surface area is 181 Å². The van der Waals surface area contributed by atoms with Gasteiger partial charge in [0.15, 0.2) is 6.10 Å². The van der Waals surface area contributed by atoms with Crippen molar-refractivity contribution >= 4 is 39.1 Å². The molecule has 2 heterocycles. The minimum atomic E-state index is -0.967. The molecule has 5 rings (SSSR count). The minimum Gasteiger partial charge on any atom is -0.508 e. The summed E-state index contributed by atoms with van der Waals surface area (Å²) in [7, 11) is 0. The fourth-order valence-corrected chi connectivity index (χ4v) is 4.38. The topological polar surface area (TPSA) is 70.1 Å². The van der Waals surface area contributed by atoms with Crippen molar-refractivity contribution in [3.63, 3.8) is 0 Å². The molecule has 0 radical (unpaired) electrons. The fourth-order valence-electron chi connectivity index (χ4n) is 4.11. The average Bonchev–Trinajstić information content (AvgIpc) is 3.26. The van der Waals surface area contributed by atoms with E-state index in [-0.39, 0.29) is 11.7 Å². The van der Waals surface area contributed by atoms with Gasteiger partial charge < -0.3 is 5.11 Å². The monoisotopic (exact) mass is 464 g/mol. The van der Waals surface area contributed by atoms with E-state index in [4.69, 9.17) is 4.84 Å². The van der Waals surface area contributed by atoms with Crippen molar-refractivity contribution in [3.05, 3.63) is 88.9 Å². The molecule has 0 spiro atoms. The lowest BCUT2D eigenvalue weighted by Gasteiger charge is -2.29. The Morgan fingerprint density at radius 2 is 1.47 bits per heavy atom. The van der Waals surface area contributed by atoms with Gasteiger partial charge in [0.05, 0.1) is 17.4 Å². The molecular weight excluding hydrogens is 448 g/mol. The lowest BCUT2D eigenvalue weighted by Crippen LogP contribution is -2.37. The Morgan fingerprint density at radius 1 is 0.800 bits per heavy atom. The summed E-state index contributed by atoms with van der Waals surface area (Å²) in [6.45, 7) is 0. The molecule has 6 nitrogen and oxygen atoms in total. The highest BCUT2D eigenvalue weighted by atomic mass is 79.9. The van der Waals surface area contributed by atoms with Gasteiger partial charge in [-0.15, -0.1) is 0 Å². The number of nitrogens with zero attached hydrogens (tertiary/aromatic N) is 2. The molecule has 150 valence electrons. The van der Waals surface area contributed by atoms with Gasteiger partial charge >= 0.3 is 0 Å². The Kier molecular flexibility index (Phi) is 4.56. The van der Waals surface area contributed by atoms with Gasteiger partial charge in [-0.2, -0.15) is 0 Å². The molecule has 0 aliphatic carbocycles. The lowest BCUT2D eigenvalue weighted by atomic mass is 9.90. The Balaban J connectivity index is 1.60. The molecule has 2 aliphatic rings. The van der Waals surface area contributed by atoms with Crippen LogP contribution in [-0.4, -0.2) is 23.0 Å². The highest BCUT2D eigenvalue weighted by molar-refractivity contribution is 9.10. The van der Waals surface area contributed by atoms with E-state index in [1.807, 2.05) is 30.3 Å². The number of hydroxylamine groups is 1. The Bertz CT molecular complexity index is 1120. The van der Waals surface area contributed by atoms with Crippen LogP contribution in [0.4, 0.5) is 11.4 Å². The third kappa shape index (κ3) is 2.89. The second-order valence-electron chi connectivity index (χ2n) is 7.21. The molecular formula is C23H17BrN2O4. The fraction of sp³-hybridized carbons (Fsp3) is 0.130. The molecule has 3 aromatic carbocycles. The molecule has 1 N–H and O–H groups in total. The summed E-state index contributed by atoms with van der Waals surface area (Å²) in [5, 5.41) is 12.1. The van der Waals surface area contributed by atoms with Crippen LogP contribution in [0.2, 0.25) is 0 Å². The van der Waals surface area contributed by atoms with Crippen LogP contribution < -0.4 is 9.96 Å². The number of carbonyl (C=O) groups excluding carboxylic acids is 2. The Morgan fingerprint density at radius 3 is 2.17 bits per heavy atom. The van der Waals surface area contributed by atoms with Crippen LogP contribution in [0.5, 0.6) is 5.75 Å². The lowest BCUT2D eigenvalue weighted by molar-refractivity contribution is -0.126.